The SMILES string of the molecule is CNC(=O)c1nn(CC2(n3cc(C)c4ccc(C)nc43)CCCC2)cc(OC(C)=O)c1=O. The van der Waals surface area contributed by atoms with Gasteiger partial charge in [-0.25, -0.2) is 4.98 Å². The van der Waals surface area contributed by atoms with Gasteiger partial charge in [0.05, 0.1) is 18.3 Å². The molecule has 0 aliphatic heterocycles. The lowest BCUT2D eigenvalue weighted by atomic mass is 9.97. The van der Waals surface area contributed by atoms with E-state index in [1.165, 1.54) is 20.2 Å². The van der Waals surface area contributed by atoms with Crippen molar-refractivity contribution in [2.45, 2.75) is 58.5 Å². The predicted octanol–water partition coefficient (Wildman–Crippen LogP) is 2.46. The van der Waals surface area contributed by atoms with Gasteiger partial charge in [0.15, 0.2) is 11.4 Å². The zero-order valence-electron chi connectivity index (χ0n) is 18.8. The number of fused-ring (bicyclic) bond motifs is 1. The van der Waals surface area contributed by atoms with E-state index in [1.807, 2.05) is 13.0 Å². The molecule has 4 rings (SSSR count). The molecule has 3 heterocycles. The standard InChI is InChI=1S/C23H27N5O4/c1-14-11-28(21-17(14)8-7-15(2)25-21)23(9-5-6-10-23)13-27-12-18(32-16(3)29)20(30)19(26-27)22(31)24-4/h7-8,11-12H,5-6,9-10,13H2,1-4H3,(H,24,31). The molecule has 3 aromatic rings. The summed E-state index contributed by atoms with van der Waals surface area (Å²) in [5.41, 5.74) is 1.64. The highest BCUT2D eigenvalue weighted by molar-refractivity contribution is 5.92. The molecule has 1 aliphatic carbocycles. The molecular weight excluding hydrogens is 410 g/mol. The van der Waals surface area contributed by atoms with Crippen LogP contribution in [0.5, 0.6) is 5.75 Å². The van der Waals surface area contributed by atoms with E-state index in [0.29, 0.717) is 6.54 Å². The predicted molar refractivity (Wildman–Crippen MR) is 119 cm³/mol. The van der Waals surface area contributed by atoms with Gasteiger partial charge < -0.3 is 14.6 Å². The zero-order valence-corrected chi connectivity index (χ0v) is 18.8. The molecule has 0 spiro atoms. The summed E-state index contributed by atoms with van der Waals surface area (Å²) in [5.74, 6) is -1.47. The summed E-state index contributed by atoms with van der Waals surface area (Å²) in [4.78, 5) is 41.3. The molecule has 1 aliphatic rings. The number of aromatic nitrogens is 4. The molecule has 0 saturated heterocycles. The monoisotopic (exact) mass is 437 g/mol. The highest BCUT2D eigenvalue weighted by Gasteiger charge is 2.38. The summed E-state index contributed by atoms with van der Waals surface area (Å²) in [6, 6.07) is 4.09. The Labute approximate surface area is 185 Å². The second-order valence-electron chi connectivity index (χ2n) is 8.48. The Morgan fingerprint density at radius 3 is 2.56 bits per heavy atom. The van der Waals surface area contributed by atoms with Gasteiger partial charge in [-0.3, -0.25) is 19.1 Å². The number of carbonyl (C=O) groups excluding carboxylic acids is 2. The molecule has 9 nitrogen and oxygen atoms in total. The van der Waals surface area contributed by atoms with Crippen LogP contribution >= 0.6 is 0 Å². The third-order valence-electron chi connectivity index (χ3n) is 6.12. The van der Waals surface area contributed by atoms with E-state index in [-0.39, 0.29) is 17.0 Å². The molecule has 168 valence electrons. The second kappa shape index (κ2) is 8.22. The molecule has 1 amide bonds. The van der Waals surface area contributed by atoms with Gasteiger partial charge in [0.25, 0.3) is 11.3 Å². The Morgan fingerprint density at radius 1 is 1.19 bits per heavy atom. The minimum absolute atomic E-state index is 0.207. The first-order valence-corrected chi connectivity index (χ1v) is 10.7. The first-order valence-electron chi connectivity index (χ1n) is 10.7. The average Bonchev–Trinajstić information content (AvgIpc) is 3.34. The van der Waals surface area contributed by atoms with Crippen LogP contribution in [0.2, 0.25) is 0 Å². The molecule has 9 heteroatoms. The van der Waals surface area contributed by atoms with Crippen molar-refractivity contribution in [1.29, 1.82) is 0 Å². The van der Waals surface area contributed by atoms with Crippen LogP contribution in [-0.2, 0) is 16.9 Å². The van der Waals surface area contributed by atoms with E-state index in [4.69, 9.17) is 9.72 Å². The lowest BCUT2D eigenvalue weighted by molar-refractivity contribution is -0.132. The van der Waals surface area contributed by atoms with Gasteiger partial charge in [0, 0.05) is 31.2 Å². The van der Waals surface area contributed by atoms with Crippen molar-refractivity contribution in [2.75, 3.05) is 7.05 Å². The first-order chi connectivity index (χ1) is 15.2. The van der Waals surface area contributed by atoms with Crippen LogP contribution in [0.25, 0.3) is 11.0 Å². The van der Waals surface area contributed by atoms with Gasteiger partial charge in [0.1, 0.15) is 5.65 Å². The molecule has 32 heavy (non-hydrogen) atoms. The van der Waals surface area contributed by atoms with Gasteiger partial charge >= 0.3 is 5.97 Å². The highest BCUT2D eigenvalue weighted by Crippen LogP contribution is 2.41. The van der Waals surface area contributed by atoms with Crippen LogP contribution < -0.4 is 15.5 Å². The fourth-order valence-corrected chi connectivity index (χ4v) is 4.62. The number of hydrogen-bond acceptors (Lipinski definition) is 6. The summed E-state index contributed by atoms with van der Waals surface area (Å²) < 4.78 is 8.88. The molecule has 3 aromatic heterocycles. The number of carbonyl (C=O) groups is 2. The quantitative estimate of drug-likeness (QED) is 0.615. The molecule has 0 unspecified atom stereocenters. The van der Waals surface area contributed by atoms with Crippen molar-refractivity contribution in [1.82, 2.24) is 24.6 Å². The van der Waals surface area contributed by atoms with Gasteiger partial charge in [-0.1, -0.05) is 12.8 Å². The summed E-state index contributed by atoms with van der Waals surface area (Å²) in [6.45, 7) is 5.66. The maximum Gasteiger partial charge on any atom is 0.308 e. The Balaban J connectivity index is 1.86. The van der Waals surface area contributed by atoms with Crippen molar-refractivity contribution in [3.8, 4) is 5.75 Å². The number of nitrogens with zero attached hydrogens (tertiary/aromatic N) is 4. The number of esters is 1. The molecule has 0 radical (unpaired) electrons. The van der Waals surface area contributed by atoms with Crippen molar-refractivity contribution in [3.63, 3.8) is 0 Å². The summed E-state index contributed by atoms with van der Waals surface area (Å²) >= 11 is 0. The maximum atomic E-state index is 12.6. The van der Waals surface area contributed by atoms with Gasteiger partial charge in [-0.2, -0.15) is 5.10 Å². The number of hydrogen-bond donors (Lipinski definition) is 1. The normalized spacial score (nSPS) is 15.1. The smallest absolute Gasteiger partial charge is 0.308 e. The van der Waals surface area contributed by atoms with Crippen LogP contribution in [0.1, 0.15) is 54.4 Å². The Bertz CT molecular complexity index is 1270. The number of nitrogens with one attached hydrogen (secondary N) is 1. The van der Waals surface area contributed by atoms with Crippen LogP contribution in [-0.4, -0.2) is 38.3 Å². The third-order valence-corrected chi connectivity index (χ3v) is 6.12. The molecular formula is C23H27N5O4. The minimum Gasteiger partial charge on any atom is -0.421 e. The fourth-order valence-electron chi connectivity index (χ4n) is 4.62. The molecule has 0 bridgehead atoms. The summed E-state index contributed by atoms with van der Waals surface area (Å²) in [7, 11) is 1.42. The van der Waals surface area contributed by atoms with E-state index < -0.39 is 17.3 Å². The number of rotatable bonds is 5. The van der Waals surface area contributed by atoms with Crippen LogP contribution in [0, 0.1) is 13.8 Å². The van der Waals surface area contributed by atoms with Gasteiger partial charge in [0.2, 0.25) is 0 Å². The molecule has 1 fully saturated rings. The Kier molecular flexibility index (Phi) is 5.58. The topological polar surface area (TPSA) is 108 Å². The lowest BCUT2D eigenvalue weighted by Gasteiger charge is -2.32. The number of ether oxygens (including phenoxy) is 1. The molecule has 0 aromatic carbocycles. The van der Waals surface area contributed by atoms with Crippen LogP contribution in [0.3, 0.4) is 0 Å². The zero-order chi connectivity index (χ0) is 23.0. The molecule has 1 N–H and O–H groups in total. The van der Waals surface area contributed by atoms with Gasteiger partial charge in [-0.15, -0.1) is 0 Å². The van der Waals surface area contributed by atoms with Crippen molar-refractivity contribution in [3.05, 3.63) is 51.7 Å². The van der Waals surface area contributed by atoms with E-state index in [9.17, 15) is 14.4 Å². The number of aryl methyl sites for hydroxylation is 2. The van der Waals surface area contributed by atoms with E-state index in [0.717, 1.165) is 48.0 Å². The second-order valence-corrected chi connectivity index (χ2v) is 8.48. The van der Waals surface area contributed by atoms with Crippen molar-refractivity contribution >= 4 is 22.9 Å². The largest absolute Gasteiger partial charge is 0.421 e. The van der Waals surface area contributed by atoms with E-state index in [2.05, 4.69) is 34.2 Å². The van der Waals surface area contributed by atoms with Crippen molar-refractivity contribution < 1.29 is 14.3 Å². The van der Waals surface area contributed by atoms with E-state index >= 15 is 0 Å². The average molecular weight is 438 g/mol. The third kappa shape index (κ3) is 3.79. The number of pyridine rings is 1. The number of amides is 1. The molecule has 1 saturated carbocycles. The molecule has 0 atom stereocenters. The minimum atomic E-state index is -0.712. The van der Waals surface area contributed by atoms with Crippen LogP contribution in [0.4, 0.5) is 0 Å². The van der Waals surface area contributed by atoms with Crippen LogP contribution in [0.15, 0.2) is 29.3 Å². The van der Waals surface area contributed by atoms with Gasteiger partial charge in [-0.05, 0) is 44.4 Å². The first kappa shape index (κ1) is 21.7. The highest BCUT2D eigenvalue weighted by atomic mass is 16.5. The Morgan fingerprint density at radius 2 is 1.91 bits per heavy atom. The fraction of sp³-hybridized carbons (Fsp3) is 0.435. The maximum absolute atomic E-state index is 12.6. The lowest BCUT2D eigenvalue weighted by Crippen LogP contribution is -2.38. The Hall–Kier alpha value is -3.49. The summed E-state index contributed by atoms with van der Waals surface area (Å²) in [6.07, 6.45) is 7.43. The van der Waals surface area contributed by atoms with E-state index in [1.54, 1.807) is 4.68 Å². The summed E-state index contributed by atoms with van der Waals surface area (Å²) in [5, 5.41) is 7.84. The van der Waals surface area contributed by atoms with Crippen molar-refractivity contribution in [2.24, 2.45) is 0 Å².